The van der Waals surface area contributed by atoms with E-state index in [-0.39, 0.29) is 18.5 Å². The number of allylic oxidation sites excluding steroid dienone is 5. The lowest BCUT2D eigenvalue weighted by molar-refractivity contribution is -0.115. The summed E-state index contributed by atoms with van der Waals surface area (Å²) in [5, 5.41) is 2.88. The fourth-order valence-electron chi connectivity index (χ4n) is 2.39. The molecule has 0 amide bonds. The molecule has 1 aliphatic carbocycles. The summed E-state index contributed by atoms with van der Waals surface area (Å²) >= 11 is 4.62. The smallest absolute Gasteiger partial charge is 0.173 e. The molecule has 1 heterocycles. The van der Waals surface area contributed by atoms with Gasteiger partial charge in [0, 0.05) is 35.5 Å². The van der Waals surface area contributed by atoms with Crippen LogP contribution in [0.1, 0.15) is 25.3 Å². The third-order valence-electron chi connectivity index (χ3n) is 3.60. The van der Waals surface area contributed by atoms with Crippen molar-refractivity contribution in [1.82, 2.24) is 9.71 Å². The second kappa shape index (κ2) is 12.4. The van der Waals surface area contributed by atoms with E-state index >= 15 is 0 Å². The van der Waals surface area contributed by atoms with Gasteiger partial charge in [0.15, 0.2) is 11.6 Å². The van der Waals surface area contributed by atoms with E-state index in [1.165, 1.54) is 24.1 Å². The fraction of sp³-hybridized carbons (Fsp3) is 0.300. The van der Waals surface area contributed by atoms with Crippen LogP contribution in [0.25, 0.3) is 0 Å². The number of pyridine rings is 1. The molecule has 1 aliphatic rings. The zero-order valence-corrected chi connectivity index (χ0v) is 18.1. The number of carbonyl (C=O) groups is 1. The summed E-state index contributed by atoms with van der Waals surface area (Å²) in [6.07, 6.45) is 13.3. The number of aromatic nitrogens is 1. The molecular weight excluding hydrogens is 448 g/mol. The molecular formula is C20H22BrF2N3OS. The van der Waals surface area contributed by atoms with E-state index in [0.29, 0.717) is 15.9 Å². The molecule has 0 bridgehead atoms. The van der Waals surface area contributed by atoms with Crippen molar-refractivity contribution >= 4 is 39.5 Å². The van der Waals surface area contributed by atoms with Crippen molar-refractivity contribution in [3.05, 3.63) is 57.4 Å². The summed E-state index contributed by atoms with van der Waals surface area (Å²) in [6, 6.07) is 1.71. The molecule has 8 heteroatoms. The highest BCUT2D eigenvalue weighted by molar-refractivity contribution is 9.10. The molecule has 2 rings (SSSR count). The van der Waals surface area contributed by atoms with Crippen molar-refractivity contribution in [3.8, 4) is 12.8 Å². The summed E-state index contributed by atoms with van der Waals surface area (Å²) in [7, 11) is 1.67. The van der Waals surface area contributed by atoms with E-state index in [1.807, 2.05) is 6.92 Å². The topological polar surface area (TPSA) is 54.0 Å². The Morgan fingerprint density at radius 2 is 2.07 bits per heavy atom. The van der Waals surface area contributed by atoms with E-state index < -0.39 is 23.0 Å². The predicted molar refractivity (Wildman–Crippen MR) is 116 cm³/mol. The highest BCUT2D eigenvalue weighted by Crippen LogP contribution is 2.30. The number of Topliss-reactive ketones (excluding diaryl/α,β-unsaturated/α-hetero) is 1. The van der Waals surface area contributed by atoms with Gasteiger partial charge in [0.25, 0.3) is 0 Å². The molecule has 4 nitrogen and oxygen atoms in total. The van der Waals surface area contributed by atoms with Crippen molar-refractivity contribution in [2.24, 2.45) is 0 Å². The average molecular weight is 470 g/mol. The Balaban J connectivity index is 0.00000190. The Kier molecular flexibility index (Phi) is 10.6. The maximum absolute atomic E-state index is 14.9. The highest BCUT2D eigenvalue weighted by Gasteiger charge is 2.25. The molecule has 2 N–H and O–H groups in total. The monoisotopic (exact) mass is 469 g/mol. The molecule has 0 atom stereocenters. The Morgan fingerprint density at radius 3 is 2.71 bits per heavy atom. The van der Waals surface area contributed by atoms with Crippen LogP contribution in [-0.4, -0.2) is 23.6 Å². The first-order valence-corrected chi connectivity index (χ1v) is 10.3. The zero-order chi connectivity index (χ0) is 21.1. The Labute approximate surface area is 177 Å². The van der Waals surface area contributed by atoms with Crippen LogP contribution in [0.4, 0.5) is 14.6 Å². The molecule has 0 saturated carbocycles. The van der Waals surface area contributed by atoms with Crippen LogP contribution < -0.4 is 10.0 Å². The molecule has 0 unspecified atom stereocenters. The van der Waals surface area contributed by atoms with Crippen LogP contribution in [0.15, 0.2) is 51.8 Å². The minimum absolute atomic E-state index is 0.136. The molecule has 0 saturated heterocycles. The van der Waals surface area contributed by atoms with E-state index in [9.17, 15) is 13.6 Å². The summed E-state index contributed by atoms with van der Waals surface area (Å²) < 4.78 is 32.8. The maximum Gasteiger partial charge on any atom is 0.173 e. The zero-order valence-electron chi connectivity index (χ0n) is 15.7. The van der Waals surface area contributed by atoms with Gasteiger partial charge in [-0.2, -0.15) is 0 Å². The van der Waals surface area contributed by atoms with Crippen LogP contribution in [0.2, 0.25) is 0 Å². The average Bonchev–Trinajstić information content (AvgIpc) is 2.82. The fourth-order valence-corrected chi connectivity index (χ4v) is 3.40. The minimum Gasteiger partial charge on any atom is -0.373 e. The van der Waals surface area contributed by atoms with Gasteiger partial charge in [0.05, 0.1) is 11.3 Å². The Bertz CT molecular complexity index is 819. The third-order valence-corrected chi connectivity index (χ3v) is 5.01. The molecule has 28 heavy (non-hydrogen) atoms. The number of halogens is 3. The Hall–Kier alpha value is -2.11. The predicted octanol–water partition coefficient (Wildman–Crippen LogP) is 5.26. The quantitative estimate of drug-likeness (QED) is 0.309. The summed E-state index contributed by atoms with van der Waals surface area (Å²) in [4.78, 5) is 16.8. The summed E-state index contributed by atoms with van der Waals surface area (Å²) in [5.41, 5.74) is 0.167. The lowest BCUT2D eigenvalue weighted by Crippen LogP contribution is -2.14. The molecule has 0 aliphatic heterocycles. The van der Waals surface area contributed by atoms with Crippen LogP contribution in [0.5, 0.6) is 0 Å². The third kappa shape index (κ3) is 6.50. The molecule has 1 aromatic rings. The first-order valence-electron chi connectivity index (χ1n) is 8.50. The van der Waals surface area contributed by atoms with Crippen LogP contribution >= 0.6 is 27.9 Å². The van der Waals surface area contributed by atoms with E-state index in [0.717, 1.165) is 12.2 Å². The lowest BCUT2D eigenvalue weighted by atomic mass is 10.0. The van der Waals surface area contributed by atoms with Crippen molar-refractivity contribution in [2.45, 2.75) is 26.2 Å². The lowest BCUT2D eigenvalue weighted by Gasteiger charge is -2.12. The van der Waals surface area contributed by atoms with Crippen molar-refractivity contribution < 1.29 is 13.6 Å². The van der Waals surface area contributed by atoms with Gasteiger partial charge in [-0.1, -0.05) is 24.9 Å². The first-order chi connectivity index (χ1) is 13.5. The standard InChI is InChI=1S/C18H20BrF2N3OS.C2H2/c1-3-7-26-24-14-6-4-5-13(20)16(17(14)21)15(25)9-11-8-12(19)10-23-18(11)22-2;1-2/h5-6,8,10,24H,3-4,7,9H2,1-2H3,(H,22,23);1-2H. The van der Waals surface area contributed by atoms with Crippen LogP contribution in [0.3, 0.4) is 0 Å². The molecule has 0 aromatic carbocycles. The molecule has 0 radical (unpaired) electrons. The number of anilines is 1. The van der Waals surface area contributed by atoms with Crippen molar-refractivity contribution in [2.75, 3.05) is 18.1 Å². The van der Waals surface area contributed by atoms with Gasteiger partial charge in [-0.15, -0.1) is 12.8 Å². The summed E-state index contributed by atoms with van der Waals surface area (Å²) in [5.74, 6) is -1.07. The van der Waals surface area contributed by atoms with Gasteiger partial charge in [0.2, 0.25) is 0 Å². The van der Waals surface area contributed by atoms with Gasteiger partial charge in [-0.3, -0.25) is 4.79 Å². The SMILES string of the molecule is C#C.CCCSNC1=CCC=C(F)C(C(=O)Cc2cc(Br)cnc2NC)=C1F. The number of ketones is 1. The van der Waals surface area contributed by atoms with Gasteiger partial charge >= 0.3 is 0 Å². The first kappa shape index (κ1) is 23.9. The van der Waals surface area contributed by atoms with E-state index in [4.69, 9.17) is 0 Å². The Morgan fingerprint density at radius 1 is 1.36 bits per heavy atom. The molecule has 0 spiro atoms. The molecule has 150 valence electrons. The summed E-state index contributed by atoms with van der Waals surface area (Å²) in [6.45, 7) is 2.00. The molecule has 0 fully saturated rings. The minimum atomic E-state index is -0.862. The van der Waals surface area contributed by atoms with Gasteiger partial charge in [0.1, 0.15) is 11.6 Å². The number of hydrogen-bond donors (Lipinski definition) is 2. The highest BCUT2D eigenvalue weighted by atomic mass is 79.9. The number of nitrogens with one attached hydrogen (secondary N) is 2. The largest absolute Gasteiger partial charge is 0.373 e. The second-order valence-corrected chi connectivity index (χ2v) is 7.37. The van der Waals surface area contributed by atoms with Crippen LogP contribution in [0, 0.1) is 12.8 Å². The van der Waals surface area contributed by atoms with Gasteiger partial charge in [-0.05, 0) is 40.9 Å². The number of rotatable bonds is 8. The van der Waals surface area contributed by atoms with E-state index in [2.05, 4.69) is 43.8 Å². The molecule has 1 aromatic heterocycles. The van der Waals surface area contributed by atoms with Crippen molar-refractivity contribution in [3.63, 3.8) is 0 Å². The maximum atomic E-state index is 14.9. The van der Waals surface area contributed by atoms with E-state index in [1.54, 1.807) is 19.3 Å². The van der Waals surface area contributed by atoms with Gasteiger partial charge < -0.3 is 10.0 Å². The van der Waals surface area contributed by atoms with Crippen LogP contribution in [-0.2, 0) is 11.2 Å². The number of nitrogens with zero attached hydrogens (tertiary/aromatic N) is 1. The number of carbonyl (C=O) groups excluding carboxylic acids is 1. The van der Waals surface area contributed by atoms with Crippen molar-refractivity contribution in [1.29, 1.82) is 0 Å². The normalized spacial score (nSPS) is 13.5. The second-order valence-electron chi connectivity index (χ2n) is 5.56. The number of terminal acetylenes is 1. The number of hydrogen-bond acceptors (Lipinski definition) is 5. The van der Waals surface area contributed by atoms with Gasteiger partial charge in [-0.25, -0.2) is 13.8 Å².